The molecule has 0 amide bonds. The van der Waals surface area contributed by atoms with Gasteiger partial charge in [0.25, 0.3) is 0 Å². The molecular weight excluding hydrogens is 237 g/mol. The van der Waals surface area contributed by atoms with Gasteiger partial charge in [-0.25, -0.2) is 4.39 Å². The monoisotopic (exact) mass is 251 g/mol. The molecule has 5 heteroatoms. The van der Waals surface area contributed by atoms with Crippen LogP contribution in [-0.2, 0) is 0 Å². The van der Waals surface area contributed by atoms with Gasteiger partial charge in [-0.1, -0.05) is 18.7 Å². The Bertz CT molecular complexity index is 493. The van der Waals surface area contributed by atoms with Gasteiger partial charge in [-0.3, -0.25) is 4.57 Å². The summed E-state index contributed by atoms with van der Waals surface area (Å²) < 4.78 is 14.8. The molecule has 0 saturated carbocycles. The highest BCUT2D eigenvalue weighted by atomic mass is 32.2. The SMILES string of the molecule is CCCSc1nnc(C)n1-c1ccc(F)cc1. The van der Waals surface area contributed by atoms with Crippen molar-refractivity contribution in [1.82, 2.24) is 14.8 Å². The number of aromatic nitrogens is 3. The van der Waals surface area contributed by atoms with Crippen LogP contribution in [0.4, 0.5) is 4.39 Å². The number of benzene rings is 1. The van der Waals surface area contributed by atoms with E-state index >= 15 is 0 Å². The van der Waals surface area contributed by atoms with Gasteiger partial charge >= 0.3 is 0 Å². The highest BCUT2D eigenvalue weighted by Crippen LogP contribution is 2.22. The first kappa shape index (κ1) is 12.1. The van der Waals surface area contributed by atoms with Crippen LogP contribution in [0.25, 0.3) is 5.69 Å². The Hall–Kier alpha value is -1.36. The lowest BCUT2D eigenvalue weighted by atomic mass is 10.3. The predicted molar refractivity (Wildman–Crippen MR) is 67.1 cm³/mol. The first-order valence-electron chi connectivity index (χ1n) is 5.53. The summed E-state index contributed by atoms with van der Waals surface area (Å²) in [7, 11) is 0. The molecule has 90 valence electrons. The summed E-state index contributed by atoms with van der Waals surface area (Å²) in [5.41, 5.74) is 0.896. The van der Waals surface area contributed by atoms with Crippen molar-refractivity contribution in [2.75, 3.05) is 5.75 Å². The van der Waals surface area contributed by atoms with Gasteiger partial charge in [0, 0.05) is 11.4 Å². The second-order valence-electron chi connectivity index (χ2n) is 3.69. The molecule has 0 saturated heterocycles. The van der Waals surface area contributed by atoms with Gasteiger partial charge in [-0.05, 0) is 37.6 Å². The number of rotatable bonds is 4. The molecule has 1 aromatic heterocycles. The summed E-state index contributed by atoms with van der Waals surface area (Å²) in [6.45, 7) is 4.02. The molecule has 2 aromatic rings. The summed E-state index contributed by atoms with van der Waals surface area (Å²) in [4.78, 5) is 0. The average molecular weight is 251 g/mol. The number of hydrogen-bond donors (Lipinski definition) is 0. The van der Waals surface area contributed by atoms with Crippen LogP contribution in [0.5, 0.6) is 0 Å². The van der Waals surface area contributed by atoms with Crippen molar-refractivity contribution in [1.29, 1.82) is 0 Å². The van der Waals surface area contributed by atoms with Crippen LogP contribution >= 0.6 is 11.8 Å². The van der Waals surface area contributed by atoms with Crippen molar-refractivity contribution in [3.8, 4) is 5.69 Å². The molecule has 0 spiro atoms. The molecule has 0 aliphatic carbocycles. The van der Waals surface area contributed by atoms with Crippen molar-refractivity contribution in [2.45, 2.75) is 25.4 Å². The Morgan fingerprint density at radius 2 is 1.94 bits per heavy atom. The lowest BCUT2D eigenvalue weighted by molar-refractivity contribution is 0.627. The molecule has 0 atom stereocenters. The van der Waals surface area contributed by atoms with Crippen molar-refractivity contribution in [2.24, 2.45) is 0 Å². The zero-order valence-electron chi connectivity index (χ0n) is 9.85. The van der Waals surface area contributed by atoms with Gasteiger partial charge in [0.1, 0.15) is 11.6 Å². The molecule has 0 radical (unpaired) electrons. The minimum atomic E-state index is -0.234. The first-order chi connectivity index (χ1) is 8.22. The van der Waals surface area contributed by atoms with Crippen LogP contribution < -0.4 is 0 Å². The van der Waals surface area contributed by atoms with E-state index in [4.69, 9.17) is 0 Å². The predicted octanol–water partition coefficient (Wildman–Crippen LogP) is 3.22. The number of nitrogens with zero attached hydrogens (tertiary/aromatic N) is 3. The lowest BCUT2D eigenvalue weighted by Crippen LogP contribution is -1.99. The molecule has 1 heterocycles. The van der Waals surface area contributed by atoms with E-state index in [0.717, 1.165) is 28.8 Å². The van der Waals surface area contributed by atoms with Gasteiger partial charge < -0.3 is 0 Å². The molecule has 3 nitrogen and oxygen atoms in total. The van der Waals surface area contributed by atoms with Crippen molar-refractivity contribution < 1.29 is 4.39 Å². The maximum atomic E-state index is 12.9. The first-order valence-corrected chi connectivity index (χ1v) is 6.51. The lowest BCUT2D eigenvalue weighted by Gasteiger charge is -2.07. The third-order valence-electron chi connectivity index (χ3n) is 2.32. The van der Waals surface area contributed by atoms with E-state index < -0.39 is 0 Å². The zero-order chi connectivity index (χ0) is 12.3. The smallest absolute Gasteiger partial charge is 0.195 e. The molecule has 0 aliphatic heterocycles. The highest BCUT2D eigenvalue weighted by Gasteiger charge is 2.10. The second-order valence-corrected chi connectivity index (χ2v) is 4.75. The summed E-state index contributed by atoms with van der Waals surface area (Å²) in [5, 5.41) is 9.06. The number of halogens is 1. The van der Waals surface area contributed by atoms with E-state index in [9.17, 15) is 4.39 Å². The molecule has 1 aromatic carbocycles. The molecule has 0 aliphatic rings. The standard InChI is InChI=1S/C12H14FN3S/c1-3-8-17-12-15-14-9(2)16(12)11-6-4-10(13)5-7-11/h4-7H,3,8H2,1-2H3. The fraction of sp³-hybridized carbons (Fsp3) is 0.333. The fourth-order valence-electron chi connectivity index (χ4n) is 1.52. The topological polar surface area (TPSA) is 30.7 Å². The van der Waals surface area contributed by atoms with Crippen molar-refractivity contribution in [3.05, 3.63) is 35.9 Å². The zero-order valence-corrected chi connectivity index (χ0v) is 10.7. The van der Waals surface area contributed by atoms with E-state index in [2.05, 4.69) is 17.1 Å². The molecular formula is C12H14FN3S. The highest BCUT2D eigenvalue weighted by molar-refractivity contribution is 7.99. The van der Waals surface area contributed by atoms with Crippen LogP contribution in [0.15, 0.2) is 29.4 Å². The maximum Gasteiger partial charge on any atom is 0.195 e. The Labute approximate surface area is 104 Å². The molecule has 0 bridgehead atoms. The van der Waals surface area contributed by atoms with E-state index in [1.807, 2.05) is 11.5 Å². The van der Waals surface area contributed by atoms with Crippen LogP contribution in [-0.4, -0.2) is 20.5 Å². The summed E-state index contributed by atoms with van der Waals surface area (Å²) in [6, 6.07) is 6.37. The average Bonchev–Trinajstić information content (AvgIpc) is 2.69. The summed E-state index contributed by atoms with van der Waals surface area (Å²) >= 11 is 1.66. The van der Waals surface area contributed by atoms with E-state index in [1.165, 1.54) is 12.1 Å². The summed E-state index contributed by atoms with van der Waals surface area (Å²) in [5.74, 6) is 1.58. The number of hydrogen-bond acceptors (Lipinski definition) is 3. The molecule has 2 rings (SSSR count). The minimum absolute atomic E-state index is 0.234. The number of aryl methyl sites for hydroxylation is 1. The fourth-order valence-corrected chi connectivity index (χ4v) is 2.37. The minimum Gasteiger partial charge on any atom is -0.274 e. The van der Waals surface area contributed by atoms with Crippen LogP contribution in [0.1, 0.15) is 19.2 Å². The maximum absolute atomic E-state index is 12.9. The molecule has 0 N–H and O–H groups in total. The second kappa shape index (κ2) is 5.31. The van der Waals surface area contributed by atoms with Crippen molar-refractivity contribution in [3.63, 3.8) is 0 Å². The van der Waals surface area contributed by atoms with Gasteiger partial charge in [0.05, 0.1) is 0 Å². The van der Waals surface area contributed by atoms with E-state index in [1.54, 1.807) is 23.9 Å². The van der Waals surface area contributed by atoms with E-state index in [0.29, 0.717) is 0 Å². The molecule has 0 fully saturated rings. The van der Waals surface area contributed by atoms with Gasteiger partial charge in [-0.15, -0.1) is 10.2 Å². The normalized spacial score (nSPS) is 10.8. The molecule has 17 heavy (non-hydrogen) atoms. The van der Waals surface area contributed by atoms with Crippen LogP contribution in [0.3, 0.4) is 0 Å². The van der Waals surface area contributed by atoms with Crippen LogP contribution in [0.2, 0.25) is 0 Å². The Morgan fingerprint density at radius 1 is 1.24 bits per heavy atom. The Kier molecular flexibility index (Phi) is 3.78. The third kappa shape index (κ3) is 2.66. The third-order valence-corrected chi connectivity index (χ3v) is 3.45. The molecule has 0 unspecified atom stereocenters. The number of thioether (sulfide) groups is 1. The van der Waals surface area contributed by atoms with E-state index in [-0.39, 0.29) is 5.82 Å². The summed E-state index contributed by atoms with van der Waals surface area (Å²) in [6.07, 6.45) is 1.08. The van der Waals surface area contributed by atoms with Gasteiger partial charge in [0.15, 0.2) is 5.16 Å². The van der Waals surface area contributed by atoms with Gasteiger partial charge in [-0.2, -0.15) is 0 Å². The largest absolute Gasteiger partial charge is 0.274 e. The quantitative estimate of drug-likeness (QED) is 0.782. The van der Waals surface area contributed by atoms with Crippen molar-refractivity contribution >= 4 is 11.8 Å². The Morgan fingerprint density at radius 3 is 2.59 bits per heavy atom. The van der Waals surface area contributed by atoms with Crippen LogP contribution in [0, 0.1) is 12.7 Å². The van der Waals surface area contributed by atoms with Gasteiger partial charge in [0.2, 0.25) is 0 Å². The Balaban J connectivity index is 2.36.